The number of nitrogens with one attached hydrogen (secondary N) is 1. The van der Waals surface area contributed by atoms with E-state index in [0.717, 1.165) is 112 Å². The third-order valence-corrected chi connectivity index (χ3v) is 24.5. The van der Waals surface area contributed by atoms with Crippen LogP contribution in [0.15, 0.2) is 24.3 Å². The molecule has 16 rings (SSSR count). The van der Waals surface area contributed by atoms with E-state index >= 15 is 0 Å². The highest BCUT2D eigenvalue weighted by atomic mass is 79.9. The summed E-state index contributed by atoms with van der Waals surface area (Å²) >= 11 is 3.38. The molecule has 10 aliphatic carbocycles. The molecule has 4 spiro atoms. The standard InChI is InChI=1S/C30H43NO4.C26H37NO4.C4H7Br/c1-26(2,3)27(4,32)21-16-28-11-12-30(21,34-6)25-29(28)13-14-31(17-18-7-8-18)22(28)15-19-9-10-20(33-5)24(35-25)23(19)29;1-22(2,3)23(4,28)17-14-24-9-10-26(17,30-6)21-25(24)11-12-27-18(24)13-15-7-8-16(29-5)20(31-21)19(15)25;5-3-4-1-2-4/h9-10,18,21-22,25,32H,7-8,11-17H2,1-6H3;7-8,17-18,21,27-28H,9-14H2,1-6H3;4H,1-3H2/t21-,22-,25-,27-,28?,29+,30+;17-,18-,21-,23-,24?,25+,26+;/m11./s1. The molecule has 392 valence electrons. The zero-order chi connectivity index (χ0) is 50.3. The van der Waals surface area contributed by atoms with Gasteiger partial charge in [0.15, 0.2) is 23.0 Å². The second-order valence-corrected chi connectivity index (χ2v) is 28.3. The molecule has 10 fully saturated rings. The van der Waals surface area contributed by atoms with Gasteiger partial charge in [-0.1, -0.05) is 69.6 Å². The van der Waals surface area contributed by atoms with Gasteiger partial charge in [0.05, 0.1) is 25.4 Å². The number of nitrogens with zero attached hydrogens (tertiary/aromatic N) is 1. The molecule has 14 aliphatic rings. The summed E-state index contributed by atoms with van der Waals surface area (Å²) < 4.78 is 38.9. The zero-order valence-corrected chi connectivity index (χ0v) is 46.9. The average molecular weight is 1040 g/mol. The van der Waals surface area contributed by atoms with Gasteiger partial charge in [-0.05, 0) is 163 Å². The molecular formula is C60H87BrN2O8. The summed E-state index contributed by atoms with van der Waals surface area (Å²) in [7, 11) is 7.20. The van der Waals surface area contributed by atoms with E-state index in [2.05, 4.69) is 98.9 Å². The Kier molecular flexibility index (Phi) is 11.2. The van der Waals surface area contributed by atoms with E-state index in [1.807, 2.05) is 21.1 Å². The van der Waals surface area contributed by atoms with Crippen molar-refractivity contribution in [2.45, 2.75) is 203 Å². The normalized spacial score (nSPS) is 41.9. The third-order valence-electron chi connectivity index (χ3n) is 23.6. The van der Waals surface area contributed by atoms with Crippen LogP contribution >= 0.6 is 15.9 Å². The number of piperidine rings is 2. The van der Waals surface area contributed by atoms with Crippen LogP contribution in [0.3, 0.4) is 0 Å². The van der Waals surface area contributed by atoms with Gasteiger partial charge in [-0.3, -0.25) is 4.90 Å². The SMILES string of the molecule is BrCC1CC1.COc1ccc2c3c1O[C@H]1[C@]4(OC)CCC5(C[C@@H]4[C@@](C)(O)C(C)(C)C)[C@@H](C2)N(CC2CC2)CC[C@]315.COc1ccc2c3c1O[C@H]1[C@]4(OC)CCC5(C[C@@H]4[C@@](C)(O)C(C)(C)C)[C@@H](C2)NCC[C@]315. The lowest BCUT2D eigenvalue weighted by Gasteiger charge is -2.75. The van der Waals surface area contributed by atoms with E-state index in [1.54, 1.807) is 14.2 Å². The molecule has 4 aliphatic heterocycles. The highest BCUT2D eigenvalue weighted by Gasteiger charge is 2.84. The molecule has 0 radical (unpaired) electrons. The third kappa shape index (κ3) is 6.15. The number of benzene rings is 2. The Bertz CT molecular complexity index is 2460. The summed E-state index contributed by atoms with van der Waals surface area (Å²) in [6.45, 7) is 20.5. The molecule has 14 atom stereocenters. The number of methoxy groups -OCH3 is 4. The molecule has 4 heterocycles. The van der Waals surface area contributed by atoms with Crippen molar-refractivity contribution in [3.63, 3.8) is 0 Å². The molecule has 2 aromatic carbocycles. The summed E-state index contributed by atoms with van der Waals surface area (Å²) in [6.07, 6.45) is 15.9. The summed E-state index contributed by atoms with van der Waals surface area (Å²) in [4.78, 5) is 2.86. The highest BCUT2D eigenvalue weighted by molar-refractivity contribution is 9.09. The quantitative estimate of drug-likeness (QED) is 0.210. The first-order valence-corrected chi connectivity index (χ1v) is 29.0. The lowest BCUT2D eigenvalue weighted by atomic mass is 9.33. The van der Waals surface area contributed by atoms with Crippen molar-refractivity contribution in [2.24, 2.45) is 45.3 Å². The summed E-state index contributed by atoms with van der Waals surface area (Å²) in [5.41, 5.74) is 2.39. The van der Waals surface area contributed by atoms with Crippen molar-refractivity contribution in [3.8, 4) is 23.0 Å². The van der Waals surface area contributed by atoms with Crippen LogP contribution in [0.25, 0.3) is 0 Å². The molecule has 0 aromatic heterocycles. The summed E-state index contributed by atoms with van der Waals surface area (Å²) in [5, 5.41) is 29.4. The van der Waals surface area contributed by atoms with E-state index < -0.39 is 22.4 Å². The van der Waals surface area contributed by atoms with Crippen molar-refractivity contribution >= 4 is 15.9 Å². The highest BCUT2D eigenvalue weighted by Crippen LogP contribution is 2.80. The second kappa shape index (κ2) is 16.0. The molecule has 2 aromatic rings. The predicted molar refractivity (Wildman–Crippen MR) is 280 cm³/mol. The molecule has 3 N–H and O–H groups in total. The Hall–Kier alpha value is -2.12. The lowest BCUT2D eigenvalue weighted by molar-refractivity contribution is -0.312. The average Bonchev–Trinajstić information content (AvgIpc) is 4.28. The number of fused-ring (bicyclic) bond motifs is 4. The van der Waals surface area contributed by atoms with E-state index in [1.165, 1.54) is 59.8 Å². The minimum absolute atomic E-state index is 0.00105. The minimum atomic E-state index is -0.880. The van der Waals surface area contributed by atoms with Crippen LogP contribution in [0, 0.1) is 45.3 Å². The van der Waals surface area contributed by atoms with Gasteiger partial charge in [0.25, 0.3) is 0 Å². The predicted octanol–water partition coefficient (Wildman–Crippen LogP) is 10.1. The Morgan fingerprint density at radius 3 is 1.61 bits per heavy atom. The Balaban J connectivity index is 0.000000133. The fourth-order valence-electron chi connectivity index (χ4n) is 18.7. The van der Waals surface area contributed by atoms with Gasteiger partial charge in [0.2, 0.25) is 0 Å². The van der Waals surface area contributed by atoms with Crippen LogP contribution in [-0.2, 0) is 33.1 Å². The van der Waals surface area contributed by atoms with E-state index in [0.29, 0.717) is 12.1 Å². The van der Waals surface area contributed by atoms with Crippen molar-refractivity contribution < 1.29 is 38.6 Å². The molecular weight excluding hydrogens is 957 g/mol. The first-order chi connectivity index (χ1) is 33.6. The van der Waals surface area contributed by atoms with E-state index in [4.69, 9.17) is 28.4 Å². The largest absolute Gasteiger partial charge is 0.493 e. The van der Waals surface area contributed by atoms with Crippen LogP contribution in [0.4, 0.5) is 0 Å². The summed E-state index contributed by atoms with van der Waals surface area (Å²) in [6, 6.07) is 9.67. The van der Waals surface area contributed by atoms with Gasteiger partial charge in [-0.15, -0.1) is 0 Å². The van der Waals surface area contributed by atoms with E-state index in [-0.39, 0.29) is 56.5 Å². The molecule has 2 unspecified atom stereocenters. The van der Waals surface area contributed by atoms with Crippen molar-refractivity contribution in [1.29, 1.82) is 0 Å². The van der Waals surface area contributed by atoms with Gasteiger partial charge in [0, 0.05) is 82.8 Å². The monoisotopic (exact) mass is 1040 g/mol. The first kappa shape index (κ1) is 49.7. The maximum absolute atomic E-state index is 12.3. The molecule has 8 bridgehead atoms. The number of likely N-dealkylation sites (tertiary alicyclic amines) is 1. The lowest BCUT2D eigenvalue weighted by Crippen LogP contribution is -2.83. The summed E-state index contributed by atoms with van der Waals surface area (Å²) in [5.74, 6) is 5.53. The zero-order valence-electron chi connectivity index (χ0n) is 45.3. The van der Waals surface area contributed by atoms with Gasteiger partial charge in [-0.25, -0.2) is 0 Å². The number of aliphatic hydroxyl groups is 2. The second-order valence-electron chi connectivity index (χ2n) is 27.6. The first-order valence-electron chi connectivity index (χ1n) is 27.9. The van der Waals surface area contributed by atoms with Crippen LogP contribution in [0.5, 0.6) is 23.0 Å². The Morgan fingerprint density at radius 2 is 1.14 bits per heavy atom. The van der Waals surface area contributed by atoms with Crippen LogP contribution in [0.2, 0.25) is 0 Å². The van der Waals surface area contributed by atoms with Crippen molar-refractivity contribution in [1.82, 2.24) is 10.2 Å². The number of rotatable bonds is 9. The number of ether oxygens (including phenoxy) is 6. The Morgan fingerprint density at radius 1 is 0.648 bits per heavy atom. The van der Waals surface area contributed by atoms with Crippen LogP contribution < -0.4 is 24.3 Å². The smallest absolute Gasteiger partial charge is 0.165 e. The topological polar surface area (TPSA) is 111 Å². The molecule has 10 nitrogen and oxygen atoms in total. The van der Waals surface area contributed by atoms with Crippen LogP contribution in [0.1, 0.15) is 155 Å². The molecule has 11 heteroatoms. The van der Waals surface area contributed by atoms with Gasteiger partial charge < -0.3 is 44.0 Å². The van der Waals surface area contributed by atoms with Gasteiger partial charge in [-0.2, -0.15) is 0 Å². The molecule has 0 amide bonds. The number of halogens is 1. The van der Waals surface area contributed by atoms with Crippen LogP contribution in [-0.4, -0.2) is 115 Å². The molecule has 8 saturated carbocycles. The fraction of sp³-hybridized carbons (Fsp3) is 0.800. The minimum Gasteiger partial charge on any atom is -0.493 e. The van der Waals surface area contributed by atoms with Gasteiger partial charge >= 0.3 is 0 Å². The van der Waals surface area contributed by atoms with E-state index in [9.17, 15) is 10.2 Å². The molecule has 2 saturated heterocycles. The van der Waals surface area contributed by atoms with Crippen molar-refractivity contribution in [3.05, 3.63) is 46.5 Å². The maximum atomic E-state index is 12.3. The van der Waals surface area contributed by atoms with Gasteiger partial charge in [0.1, 0.15) is 23.4 Å². The molecule has 71 heavy (non-hydrogen) atoms. The number of hydrogen-bond acceptors (Lipinski definition) is 10. The number of hydrogen-bond donors (Lipinski definition) is 3. The number of alkyl halides is 1. The Labute approximate surface area is 433 Å². The maximum Gasteiger partial charge on any atom is 0.165 e. The van der Waals surface area contributed by atoms with Crippen molar-refractivity contribution in [2.75, 3.05) is 53.4 Å². The fourth-order valence-corrected chi connectivity index (χ4v) is 19.3.